The first-order valence-electron chi connectivity index (χ1n) is 4.90. The first-order chi connectivity index (χ1) is 7.57. The zero-order chi connectivity index (χ0) is 12.0. The number of hydrogen-bond acceptors (Lipinski definition) is 5. The standard InChI is InChI=1S/C10H16N2O3S/c1-15-4-5-16(13,14)8-9-2-3-12-10(6-9)7-11/h2-3,6H,4-5,7-8,11H2,1H3. The highest BCUT2D eigenvalue weighted by Crippen LogP contribution is 2.07. The zero-order valence-electron chi connectivity index (χ0n) is 9.22. The molecule has 0 amide bonds. The molecule has 0 spiro atoms. The molecule has 16 heavy (non-hydrogen) atoms. The Kier molecular flexibility index (Phi) is 4.85. The van der Waals surface area contributed by atoms with Gasteiger partial charge in [0.1, 0.15) is 0 Å². The molecule has 90 valence electrons. The van der Waals surface area contributed by atoms with Gasteiger partial charge in [0.05, 0.1) is 23.8 Å². The molecule has 5 nitrogen and oxygen atoms in total. The van der Waals surface area contributed by atoms with Gasteiger partial charge in [-0.05, 0) is 17.7 Å². The lowest BCUT2D eigenvalue weighted by Gasteiger charge is -2.05. The Morgan fingerprint density at radius 2 is 2.25 bits per heavy atom. The molecule has 6 heteroatoms. The van der Waals surface area contributed by atoms with Crippen molar-refractivity contribution < 1.29 is 13.2 Å². The first kappa shape index (κ1) is 13.1. The summed E-state index contributed by atoms with van der Waals surface area (Å²) in [6.45, 7) is 0.531. The summed E-state index contributed by atoms with van der Waals surface area (Å²) >= 11 is 0. The van der Waals surface area contributed by atoms with Crippen molar-refractivity contribution in [3.8, 4) is 0 Å². The second-order valence-electron chi connectivity index (χ2n) is 3.44. The van der Waals surface area contributed by atoms with Gasteiger partial charge in [0, 0.05) is 19.9 Å². The van der Waals surface area contributed by atoms with E-state index < -0.39 is 9.84 Å². The smallest absolute Gasteiger partial charge is 0.156 e. The van der Waals surface area contributed by atoms with Crippen LogP contribution in [0.25, 0.3) is 0 Å². The molecule has 0 saturated carbocycles. The van der Waals surface area contributed by atoms with E-state index in [1.165, 1.54) is 7.11 Å². The Labute approximate surface area is 95.6 Å². The minimum atomic E-state index is -3.12. The Hall–Kier alpha value is -0.980. The second-order valence-corrected chi connectivity index (χ2v) is 5.63. The molecule has 1 rings (SSSR count). The molecule has 0 saturated heterocycles. The van der Waals surface area contributed by atoms with Crippen LogP contribution in [0.1, 0.15) is 11.3 Å². The van der Waals surface area contributed by atoms with Crippen molar-refractivity contribution in [2.24, 2.45) is 5.73 Å². The number of nitrogens with two attached hydrogens (primary N) is 1. The molecule has 0 fully saturated rings. The molecule has 0 aliphatic heterocycles. The summed E-state index contributed by atoms with van der Waals surface area (Å²) in [5, 5.41) is 0. The molecule has 1 aromatic heterocycles. The molecule has 1 heterocycles. The molecule has 0 atom stereocenters. The second kappa shape index (κ2) is 5.93. The van der Waals surface area contributed by atoms with Crippen molar-refractivity contribution in [3.63, 3.8) is 0 Å². The molecule has 0 radical (unpaired) electrons. The highest BCUT2D eigenvalue weighted by molar-refractivity contribution is 7.90. The van der Waals surface area contributed by atoms with Gasteiger partial charge in [0.2, 0.25) is 0 Å². The van der Waals surface area contributed by atoms with E-state index in [9.17, 15) is 8.42 Å². The molecular weight excluding hydrogens is 228 g/mol. The number of rotatable bonds is 6. The Morgan fingerprint density at radius 3 is 2.88 bits per heavy atom. The van der Waals surface area contributed by atoms with E-state index in [-0.39, 0.29) is 18.1 Å². The molecule has 0 aliphatic carbocycles. The van der Waals surface area contributed by atoms with E-state index in [1.807, 2.05) is 0 Å². The number of hydrogen-bond donors (Lipinski definition) is 1. The average molecular weight is 244 g/mol. The molecule has 0 aliphatic rings. The SMILES string of the molecule is COCCS(=O)(=O)Cc1ccnc(CN)c1. The van der Waals surface area contributed by atoms with Crippen LogP contribution in [0.2, 0.25) is 0 Å². The fourth-order valence-corrected chi connectivity index (χ4v) is 2.52. The maximum Gasteiger partial charge on any atom is 0.156 e. The van der Waals surface area contributed by atoms with Gasteiger partial charge in [-0.25, -0.2) is 8.42 Å². The number of aromatic nitrogens is 1. The lowest BCUT2D eigenvalue weighted by atomic mass is 10.2. The van der Waals surface area contributed by atoms with Crippen LogP contribution in [0.3, 0.4) is 0 Å². The monoisotopic (exact) mass is 244 g/mol. The number of methoxy groups -OCH3 is 1. The van der Waals surface area contributed by atoms with Crippen molar-refractivity contribution in [2.45, 2.75) is 12.3 Å². The van der Waals surface area contributed by atoms with E-state index in [1.54, 1.807) is 18.3 Å². The van der Waals surface area contributed by atoms with E-state index in [2.05, 4.69) is 4.98 Å². The summed E-state index contributed by atoms with van der Waals surface area (Å²) in [5.74, 6) is 0.0374. The lowest BCUT2D eigenvalue weighted by Crippen LogP contribution is -2.14. The number of sulfone groups is 1. The summed E-state index contributed by atoms with van der Waals surface area (Å²) in [7, 11) is -1.63. The molecule has 1 aromatic rings. The predicted octanol–water partition coefficient (Wildman–Crippen LogP) is 0.102. The largest absolute Gasteiger partial charge is 0.384 e. The van der Waals surface area contributed by atoms with Crippen LogP contribution in [0.5, 0.6) is 0 Å². The van der Waals surface area contributed by atoms with E-state index >= 15 is 0 Å². The van der Waals surface area contributed by atoms with Crippen molar-refractivity contribution in [3.05, 3.63) is 29.6 Å². The van der Waals surface area contributed by atoms with Crippen molar-refractivity contribution in [1.82, 2.24) is 4.98 Å². The summed E-state index contributed by atoms with van der Waals surface area (Å²) in [5.41, 5.74) is 6.84. The third kappa shape index (κ3) is 4.26. The van der Waals surface area contributed by atoms with Gasteiger partial charge in [-0.3, -0.25) is 4.98 Å². The van der Waals surface area contributed by atoms with Gasteiger partial charge in [0.25, 0.3) is 0 Å². The van der Waals surface area contributed by atoms with Gasteiger partial charge in [-0.2, -0.15) is 0 Å². The minimum absolute atomic E-state index is 0.00583. The van der Waals surface area contributed by atoms with Crippen LogP contribution in [-0.4, -0.2) is 32.9 Å². The molecule has 2 N–H and O–H groups in total. The third-order valence-corrected chi connectivity index (χ3v) is 3.64. The van der Waals surface area contributed by atoms with Gasteiger partial charge in [-0.1, -0.05) is 0 Å². The van der Waals surface area contributed by atoms with Crippen LogP contribution in [0.15, 0.2) is 18.3 Å². The first-order valence-corrected chi connectivity index (χ1v) is 6.73. The lowest BCUT2D eigenvalue weighted by molar-refractivity contribution is 0.217. The van der Waals surface area contributed by atoms with Crippen molar-refractivity contribution in [2.75, 3.05) is 19.5 Å². The van der Waals surface area contributed by atoms with Gasteiger partial charge >= 0.3 is 0 Å². The maximum absolute atomic E-state index is 11.6. The van der Waals surface area contributed by atoms with Crippen LogP contribution in [-0.2, 0) is 26.9 Å². The van der Waals surface area contributed by atoms with E-state index in [0.717, 1.165) is 0 Å². The molecular formula is C10H16N2O3S. The quantitative estimate of drug-likeness (QED) is 0.767. The Balaban J connectivity index is 2.72. The van der Waals surface area contributed by atoms with Gasteiger partial charge < -0.3 is 10.5 Å². The number of ether oxygens (including phenoxy) is 1. The van der Waals surface area contributed by atoms with E-state index in [4.69, 9.17) is 10.5 Å². The normalized spacial score (nSPS) is 11.6. The highest BCUT2D eigenvalue weighted by atomic mass is 32.2. The Bertz CT molecular complexity index is 431. The molecule has 0 aromatic carbocycles. The summed E-state index contributed by atoms with van der Waals surface area (Å²) in [6.07, 6.45) is 1.57. The molecule has 0 unspecified atom stereocenters. The zero-order valence-corrected chi connectivity index (χ0v) is 10.0. The summed E-state index contributed by atoms with van der Waals surface area (Å²) in [6, 6.07) is 3.40. The van der Waals surface area contributed by atoms with Crippen molar-refractivity contribution >= 4 is 9.84 Å². The fraction of sp³-hybridized carbons (Fsp3) is 0.500. The minimum Gasteiger partial charge on any atom is -0.384 e. The van der Waals surface area contributed by atoms with E-state index in [0.29, 0.717) is 17.8 Å². The van der Waals surface area contributed by atoms with Crippen LogP contribution in [0.4, 0.5) is 0 Å². The summed E-state index contributed by atoms with van der Waals surface area (Å²) < 4.78 is 28.0. The maximum atomic E-state index is 11.6. The number of nitrogens with zero attached hydrogens (tertiary/aromatic N) is 1. The number of pyridine rings is 1. The van der Waals surface area contributed by atoms with Crippen LogP contribution >= 0.6 is 0 Å². The van der Waals surface area contributed by atoms with Crippen LogP contribution in [0, 0.1) is 0 Å². The van der Waals surface area contributed by atoms with Gasteiger partial charge in [0.15, 0.2) is 9.84 Å². The topological polar surface area (TPSA) is 82.3 Å². The van der Waals surface area contributed by atoms with Crippen molar-refractivity contribution in [1.29, 1.82) is 0 Å². The predicted molar refractivity (Wildman–Crippen MR) is 61.5 cm³/mol. The van der Waals surface area contributed by atoms with Gasteiger partial charge in [-0.15, -0.1) is 0 Å². The average Bonchev–Trinajstić information content (AvgIpc) is 2.26. The molecule has 0 bridgehead atoms. The fourth-order valence-electron chi connectivity index (χ4n) is 1.27. The highest BCUT2D eigenvalue weighted by Gasteiger charge is 2.11. The third-order valence-electron chi connectivity index (χ3n) is 2.08. The Morgan fingerprint density at radius 1 is 1.50 bits per heavy atom. The van der Waals surface area contributed by atoms with Crippen LogP contribution < -0.4 is 5.73 Å². The summed E-state index contributed by atoms with van der Waals surface area (Å²) in [4.78, 5) is 4.01.